The lowest BCUT2D eigenvalue weighted by molar-refractivity contribution is -0.131. The number of amides is 2. The fourth-order valence-electron chi connectivity index (χ4n) is 4.37. The molecule has 2 aliphatic heterocycles. The van der Waals surface area contributed by atoms with E-state index in [-0.39, 0.29) is 23.3 Å². The van der Waals surface area contributed by atoms with Crippen LogP contribution in [0.15, 0.2) is 0 Å². The van der Waals surface area contributed by atoms with Gasteiger partial charge in [0.05, 0.1) is 11.4 Å². The number of carbonyl (C=O) groups excluding carboxylic acids is 2. The zero-order valence-corrected chi connectivity index (χ0v) is 17.7. The number of hydrogen-bond donors (Lipinski definition) is 0. The van der Waals surface area contributed by atoms with E-state index in [4.69, 9.17) is 0 Å². The summed E-state index contributed by atoms with van der Waals surface area (Å²) >= 11 is 1.32. The lowest BCUT2D eigenvalue weighted by atomic mass is 9.87. The molecule has 27 heavy (non-hydrogen) atoms. The van der Waals surface area contributed by atoms with E-state index in [0.717, 1.165) is 56.6 Å². The monoisotopic (exact) mass is 393 g/mol. The van der Waals surface area contributed by atoms with Crippen LogP contribution >= 0.6 is 11.5 Å². The van der Waals surface area contributed by atoms with Crippen molar-refractivity contribution in [2.75, 3.05) is 40.3 Å². The van der Waals surface area contributed by atoms with Crippen molar-refractivity contribution in [3.8, 4) is 0 Å². The zero-order chi connectivity index (χ0) is 19.6. The fraction of sp³-hybridized carbons (Fsp3) is 0.789. The predicted octanol–water partition coefficient (Wildman–Crippen LogP) is 2.21. The molecule has 3 rings (SSSR count). The first-order valence-electron chi connectivity index (χ1n) is 9.91. The summed E-state index contributed by atoms with van der Waals surface area (Å²) in [7, 11) is 3.62. The van der Waals surface area contributed by atoms with Crippen molar-refractivity contribution in [2.45, 2.75) is 57.4 Å². The summed E-state index contributed by atoms with van der Waals surface area (Å²) in [5, 5.41) is 4.12. The van der Waals surface area contributed by atoms with E-state index in [1.165, 1.54) is 11.5 Å². The third kappa shape index (κ3) is 4.16. The summed E-state index contributed by atoms with van der Waals surface area (Å²) in [5.74, 6) is 0.423. The molecule has 2 aliphatic rings. The lowest BCUT2D eigenvalue weighted by Gasteiger charge is -2.38. The van der Waals surface area contributed by atoms with Crippen LogP contribution in [0.3, 0.4) is 0 Å². The van der Waals surface area contributed by atoms with Crippen molar-refractivity contribution >= 4 is 23.3 Å². The van der Waals surface area contributed by atoms with Gasteiger partial charge < -0.3 is 9.80 Å². The van der Waals surface area contributed by atoms with Gasteiger partial charge in [0, 0.05) is 32.7 Å². The topological polar surface area (TPSA) is 69.6 Å². The number of likely N-dealkylation sites (N-methyl/N-ethyl adjacent to an activating group) is 1. The molecule has 0 saturated carbocycles. The summed E-state index contributed by atoms with van der Waals surface area (Å²) < 4.78 is 4.01. The van der Waals surface area contributed by atoms with Crippen molar-refractivity contribution in [3.05, 3.63) is 10.6 Å². The highest BCUT2D eigenvalue weighted by atomic mass is 32.1. The average molecular weight is 394 g/mol. The Morgan fingerprint density at radius 2 is 1.85 bits per heavy atom. The molecule has 3 heterocycles. The Bertz CT molecular complexity index is 689. The van der Waals surface area contributed by atoms with E-state index in [1.54, 1.807) is 4.90 Å². The molecular formula is C19H31N5O2S. The first kappa shape index (κ1) is 20.2. The highest BCUT2D eigenvalue weighted by Crippen LogP contribution is 2.38. The van der Waals surface area contributed by atoms with Crippen LogP contribution in [0.2, 0.25) is 0 Å². The lowest BCUT2D eigenvalue weighted by Crippen LogP contribution is -2.48. The first-order valence-corrected chi connectivity index (χ1v) is 10.7. The number of nitrogens with zero attached hydrogens (tertiary/aromatic N) is 5. The van der Waals surface area contributed by atoms with Gasteiger partial charge in [-0.05, 0) is 56.1 Å². The van der Waals surface area contributed by atoms with Gasteiger partial charge in [-0.25, -0.2) is 0 Å². The Morgan fingerprint density at radius 1 is 1.15 bits per heavy atom. The van der Waals surface area contributed by atoms with E-state index in [0.29, 0.717) is 12.2 Å². The average Bonchev–Trinajstić information content (AvgIpc) is 3.19. The molecular weight excluding hydrogens is 362 g/mol. The van der Waals surface area contributed by atoms with Crippen LogP contribution in [0.25, 0.3) is 0 Å². The van der Waals surface area contributed by atoms with Gasteiger partial charge in [0.15, 0.2) is 5.69 Å². The number of likely N-dealkylation sites (tertiary alicyclic amines) is 2. The number of rotatable bonds is 4. The molecule has 0 N–H and O–H groups in total. The highest BCUT2D eigenvalue weighted by molar-refractivity contribution is 7.05. The van der Waals surface area contributed by atoms with Crippen molar-refractivity contribution in [3.63, 3.8) is 0 Å². The zero-order valence-electron chi connectivity index (χ0n) is 16.9. The van der Waals surface area contributed by atoms with Crippen molar-refractivity contribution in [1.82, 2.24) is 24.3 Å². The molecule has 0 aliphatic carbocycles. The Labute approximate surface area is 165 Å². The summed E-state index contributed by atoms with van der Waals surface area (Å²) in [5.41, 5.74) is 0.582. The summed E-state index contributed by atoms with van der Waals surface area (Å²) in [6, 6.07) is 0. The van der Waals surface area contributed by atoms with E-state index < -0.39 is 0 Å². The molecule has 150 valence electrons. The van der Waals surface area contributed by atoms with Crippen LogP contribution in [-0.2, 0) is 4.79 Å². The quantitative estimate of drug-likeness (QED) is 0.784. The van der Waals surface area contributed by atoms with Gasteiger partial charge in [0.25, 0.3) is 5.91 Å². The van der Waals surface area contributed by atoms with Gasteiger partial charge in [-0.15, -0.1) is 5.10 Å². The van der Waals surface area contributed by atoms with Crippen LogP contribution in [0.5, 0.6) is 0 Å². The third-order valence-corrected chi connectivity index (χ3v) is 7.04. The second kappa shape index (κ2) is 8.22. The molecule has 1 unspecified atom stereocenters. The van der Waals surface area contributed by atoms with Crippen LogP contribution in [0.4, 0.5) is 0 Å². The fourth-order valence-corrected chi connectivity index (χ4v) is 5.00. The molecule has 2 fully saturated rings. The SMILES string of the molecule is CC(C)c1snnc1C(=O)N1CCCC2(CCCN2CC(=O)N(C)C)CC1. The summed E-state index contributed by atoms with van der Waals surface area (Å²) in [6.07, 6.45) is 5.18. The Morgan fingerprint density at radius 3 is 2.52 bits per heavy atom. The maximum atomic E-state index is 13.0. The molecule has 0 radical (unpaired) electrons. The second-order valence-corrected chi connectivity index (χ2v) is 9.11. The van der Waals surface area contributed by atoms with Gasteiger partial charge >= 0.3 is 0 Å². The van der Waals surface area contributed by atoms with E-state index >= 15 is 0 Å². The van der Waals surface area contributed by atoms with E-state index in [9.17, 15) is 9.59 Å². The minimum absolute atomic E-state index is 0.0124. The van der Waals surface area contributed by atoms with Crippen molar-refractivity contribution in [2.24, 2.45) is 0 Å². The molecule has 2 amide bonds. The molecule has 1 aromatic heterocycles. The van der Waals surface area contributed by atoms with Gasteiger partial charge in [-0.3, -0.25) is 14.5 Å². The molecule has 1 aromatic rings. The van der Waals surface area contributed by atoms with Crippen LogP contribution in [0.1, 0.15) is 67.2 Å². The molecule has 1 spiro atoms. The molecule has 2 saturated heterocycles. The number of hydrogen-bond acceptors (Lipinski definition) is 6. The number of carbonyl (C=O) groups is 2. The van der Waals surface area contributed by atoms with Crippen LogP contribution in [-0.4, -0.2) is 81.9 Å². The largest absolute Gasteiger partial charge is 0.348 e. The second-order valence-electron chi connectivity index (χ2n) is 8.32. The van der Waals surface area contributed by atoms with Crippen LogP contribution < -0.4 is 0 Å². The summed E-state index contributed by atoms with van der Waals surface area (Å²) in [4.78, 5) is 32.2. The van der Waals surface area contributed by atoms with Crippen LogP contribution in [0, 0.1) is 0 Å². The van der Waals surface area contributed by atoms with E-state index in [2.05, 4.69) is 28.3 Å². The Kier molecular flexibility index (Phi) is 6.15. The molecule has 1 atom stereocenters. The van der Waals surface area contributed by atoms with E-state index in [1.807, 2.05) is 19.0 Å². The van der Waals surface area contributed by atoms with Gasteiger partial charge in [-0.1, -0.05) is 18.3 Å². The molecule has 0 bridgehead atoms. The van der Waals surface area contributed by atoms with Crippen molar-refractivity contribution < 1.29 is 9.59 Å². The van der Waals surface area contributed by atoms with Gasteiger partial charge in [0.1, 0.15) is 0 Å². The van der Waals surface area contributed by atoms with Gasteiger partial charge in [-0.2, -0.15) is 0 Å². The molecule has 0 aromatic carbocycles. The molecule has 7 nitrogen and oxygen atoms in total. The Hall–Kier alpha value is -1.54. The minimum atomic E-state index is 0.0124. The van der Waals surface area contributed by atoms with Gasteiger partial charge in [0.2, 0.25) is 5.91 Å². The van der Waals surface area contributed by atoms with Crippen molar-refractivity contribution in [1.29, 1.82) is 0 Å². The highest BCUT2D eigenvalue weighted by Gasteiger charge is 2.43. The minimum Gasteiger partial charge on any atom is -0.348 e. The normalized spacial score (nSPS) is 23.8. The molecule has 8 heteroatoms. The summed E-state index contributed by atoms with van der Waals surface area (Å²) in [6.45, 7) is 7.07. The third-order valence-electron chi connectivity index (χ3n) is 6.01. The number of aromatic nitrogens is 2. The first-order chi connectivity index (χ1) is 12.8. The maximum absolute atomic E-state index is 13.0. The predicted molar refractivity (Wildman–Crippen MR) is 106 cm³/mol. The standard InChI is InChI=1S/C19H31N5O2S/c1-14(2)17-16(20-21-27-17)18(26)23-10-5-7-19(9-12-23)8-6-11-24(19)13-15(25)22(3)4/h14H,5-13H2,1-4H3. The maximum Gasteiger partial charge on any atom is 0.275 e. The Balaban J connectivity index is 1.70. The smallest absolute Gasteiger partial charge is 0.275 e.